The lowest BCUT2D eigenvalue weighted by atomic mass is 10.1. The maximum Gasteiger partial charge on any atom is 0.338 e. The molecule has 0 aliphatic rings. The average molecular weight is 350 g/mol. The maximum absolute atomic E-state index is 11.9. The predicted molar refractivity (Wildman–Crippen MR) is 91.2 cm³/mol. The number of aromatic hydroxyl groups is 1. The number of phenols is 1. The van der Waals surface area contributed by atoms with Crippen molar-refractivity contribution in [3.05, 3.63) is 47.8 Å². The zero-order valence-electron chi connectivity index (χ0n) is 13.3. The Morgan fingerprint density at radius 1 is 1.42 bits per heavy atom. The Bertz CT molecular complexity index is 774. The van der Waals surface area contributed by atoms with Crippen LogP contribution in [-0.2, 0) is 4.57 Å². The number of aromatic nitrogens is 1. The van der Waals surface area contributed by atoms with Crippen molar-refractivity contribution in [1.29, 1.82) is 0 Å². The molecule has 1 atom stereocenters. The van der Waals surface area contributed by atoms with Crippen molar-refractivity contribution in [3.63, 3.8) is 0 Å². The number of hydrogen-bond acceptors (Lipinski definition) is 5. The second-order valence-electron chi connectivity index (χ2n) is 5.14. The standard InChI is InChI=1S/C16H19N2O5P/c1-3-23-14-8-12(7-11(2)16(14)19)15(24(20,21)22)10-18-13-5-4-6-17-9-13/h4-10,15,19H,3H2,1-2H3,(H2,20,21,22). The van der Waals surface area contributed by atoms with E-state index >= 15 is 0 Å². The normalized spacial score (nSPS) is 13.2. The summed E-state index contributed by atoms with van der Waals surface area (Å²) in [6, 6.07) is 6.28. The van der Waals surface area contributed by atoms with Gasteiger partial charge < -0.3 is 19.6 Å². The fourth-order valence-electron chi connectivity index (χ4n) is 2.16. The second kappa shape index (κ2) is 7.57. The number of rotatable bonds is 6. The first kappa shape index (κ1) is 18.1. The van der Waals surface area contributed by atoms with Gasteiger partial charge in [-0.25, -0.2) is 0 Å². The van der Waals surface area contributed by atoms with Crippen LogP contribution in [0.2, 0.25) is 0 Å². The van der Waals surface area contributed by atoms with E-state index in [1.807, 2.05) is 0 Å². The highest BCUT2D eigenvalue weighted by molar-refractivity contribution is 7.53. The summed E-state index contributed by atoms with van der Waals surface area (Å²) >= 11 is 0. The van der Waals surface area contributed by atoms with E-state index in [1.165, 1.54) is 24.5 Å². The Kier molecular flexibility index (Phi) is 5.72. The summed E-state index contributed by atoms with van der Waals surface area (Å²) < 4.78 is 17.2. The van der Waals surface area contributed by atoms with Gasteiger partial charge in [0.2, 0.25) is 0 Å². The van der Waals surface area contributed by atoms with Crippen molar-refractivity contribution in [3.8, 4) is 11.5 Å². The Balaban J connectivity index is 2.46. The fraction of sp³-hybridized carbons (Fsp3) is 0.250. The van der Waals surface area contributed by atoms with Crippen LogP contribution >= 0.6 is 7.60 Å². The molecule has 1 heterocycles. The van der Waals surface area contributed by atoms with Gasteiger partial charge in [0.25, 0.3) is 0 Å². The number of hydrogen-bond donors (Lipinski definition) is 3. The molecule has 2 rings (SSSR count). The summed E-state index contributed by atoms with van der Waals surface area (Å²) in [4.78, 5) is 27.4. The summed E-state index contributed by atoms with van der Waals surface area (Å²) in [5, 5.41) is 9.98. The highest BCUT2D eigenvalue weighted by Gasteiger charge is 2.30. The summed E-state index contributed by atoms with van der Waals surface area (Å²) in [7, 11) is -4.52. The van der Waals surface area contributed by atoms with Gasteiger partial charge >= 0.3 is 7.60 Å². The first-order chi connectivity index (χ1) is 11.3. The SMILES string of the molecule is CCOc1cc(C(C=Nc2cccnc2)P(=O)(O)O)cc(C)c1O. The van der Waals surface area contributed by atoms with Crippen LogP contribution in [0.4, 0.5) is 5.69 Å². The molecule has 2 aromatic rings. The quantitative estimate of drug-likeness (QED) is 0.545. The van der Waals surface area contributed by atoms with Gasteiger partial charge in [0.1, 0.15) is 5.66 Å². The lowest BCUT2D eigenvalue weighted by Crippen LogP contribution is -2.03. The minimum Gasteiger partial charge on any atom is -0.504 e. The number of aryl methyl sites for hydroxylation is 1. The van der Waals surface area contributed by atoms with Crippen LogP contribution in [0.3, 0.4) is 0 Å². The van der Waals surface area contributed by atoms with E-state index in [0.29, 0.717) is 23.4 Å². The van der Waals surface area contributed by atoms with Gasteiger partial charge in [0.15, 0.2) is 11.5 Å². The van der Waals surface area contributed by atoms with E-state index in [1.54, 1.807) is 32.2 Å². The summed E-state index contributed by atoms with van der Waals surface area (Å²) in [6.07, 6.45) is 4.26. The minimum atomic E-state index is -4.52. The molecule has 0 saturated heterocycles. The number of phenolic OH excluding ortho intramolecular Hbond substituents is 1. The molecule has 0 aliphatic heterocycles. The first-order valence-electron chi connectivity index (χ1n) is 7.28. The molecular weight excluding hydrogens is 331 g/mol. The van der Waals surface area contributed by atoms with Crippen molar-refractivity contribution in [2.45, 2.75) is 19.5 Å². The molecule has 1 unspecified atom stereocenters. The van der Waals surface area contributed by atoms with Crippen molar-refractivity contribution >= 4 is 19.5 Å². The molecule has 8 heteroatoms. The third kappa shape index (κ3) is 4.41. The summed E-state index contributed by atoms with van der Waals surface area (Å²) in [5.41, 5.74) is 0.00611. The largest absolute Gasteiger partial charge is 0.504 e. The Morgan fingerprint density at radius 2 is 2.17 bits per heavy atom. The summed E-state index contributed by atoms with van der Waals surface area (Å²) in [6.45, 7) is 3.71. The maximum atomic E-state index is 11.9. The zero-order valence-corrected chi connectivity index (χ0v) is 14.2. The fourth-order valence-corrected chi connectivity index (χ4v) is 2.94. The van der Waals surface area contributed by atoms with Gasteiger partial charge in [-0.15, -0.1) is 0 Å². The van der Waals surface area contributed by atoms with Gasteiger partial charge in [0.05, 0.1) is 18.5 Å². The van der Waals surface area contributed by atoms with E-state index in [-0.39, 0.29) is 11.5 Å². The molecule has 128 valence electrons. The van der Waals surface area contributed by atoms with E-state index in [4.69, 9.17) is 4.74 Å². The van der Waals surface area contributed by atoms with Crippen LogP contribution in [0.25, 0.3) is 0 Å². The lowest BCUT2D eigenvalue weighted by molar-refractivity contribution is 0.316. The van der Waals surface area contributed by atoms with Crippen LogP contribution in [0.1, 0.15) is 23.7 Å². The highest BCUT2D eigenvalue weighted by atomic mass is 31.2. The zero-order chi connectivity index (χ0) is 17.7. The van der Waals surface area contributed by atoms with Gasteiger partial charge in [-0.3, -0.25) is 14.5 Å². The molecular formula is C16H19N2O5P. The topological polar surface area (TPSA) is 112 Å². The molecule has 0 fully saturated rings. The molecule has 3 N–H and O–H groups in total. The van der Waals surface area contributed by atoms with E-state index in [9.17, 15) is 19.5 Å². The molecule has 24 heavy (non-hydrogen) atoms. The van der Waals surface area contributed by atoms with Gasteiger partial charge in [0, 0.05) is 12.4 Å². The van der Waals surface area contributed by atoms with E-state index in [2.05, 4.69) is 9.98 Å². The van der Waals surface area contributed by atoms with Gasteiger partial charge in [-0.1, -0.05) is 6.07 Å². The number of benzene rings is 1. The molecule has 0 amide bonds. The molecule has 1 aromatic carbocycles. The minimum absolute atomic E-state index is 0.0470. The molecule has 0 spiro atoms. The van der Waals surface area contributed by atoms with Crippen LogP contribution in [-0.4, -0.2) is 32.7 Å². The van der Waals surface area contributed by atoms with Crippen molar-refractivity contribution in [2.75, 3.05) is 6.61 Å². The molecule has 7 nitrogen and oxygen atoms in total. The highest BCUT2D eigenvalue weighted by Crippen LogP contribution is 2.52. The Hall–Kier alpha value is -2.21. The van der Waals surface area contributed by atoms with E-state index in [0.717, 1.165) is 0 Å². The Labute approximate surface area is 139 Å². The van der Waals surface area contributed by atoms with Crippen molar-refractivity contribution in [2.24, 2.45) is 4.99 Å². The number of ether oxygens (including phenoxy) is 1. The van der Waals surface area contributed by atoms with Crippen LogP contribution < -0.4 is 4.74 Å². The second-order valence-corrected chi connectivity index (χ2v) is 6.88. The smallest absolute Gasteiger partial charge is 0.338 e. The van der Waals surface area contributed by atoms with Gasteiger partial charge in [-0.05, 0) is 43.2 Å². The summed E-state index contributed by atoms with van der Waals surface area (Å²) in [5.74, 6) is 0.134. The number of aliphatic imine (C=N–C) groups is 1. The number of pyridine rings is 1. The lowest BCUT2D eigenvalue weighted by Gasteiger charge is -2.17. The third-order valence-electron chi connectivity index (χ3n) is 3.30. The van der Waals surface area contributed by atoms with Crippen LogP contribution in [0.5, 0.6) is 11.5 Å². The first-order valence-corrected chi connectivity index (χ1v) is 8.96. The van der Waals surface area contributed by atoms with Crippen LogP contribution in [0, 0.1) is 6.92 Å². The van der Waals surface area contributed by atoms with Crippen LogP contribution in [0.15, 0.2) is 41.7 Å². The number of nitrogens with zero attached hydrogens (tertiary/aromatic N) is 2. The van der Waals surface area contributed by atoms with Gasteiger partial charge in [-0.2, -0.15) is 0 Å². The predicted octanol–water partition coefficient (Wildman–Crippen LogP) is 3.12. The molecule has 1 aromatic heterocycles. The van der Waals surface area contributed by atoms with E-state index < -0.39 is 13.3 Å². The molecule has 0 saturated carbocycles. The van der Waals surface area contributed by atoms with Crippen molar-refractivity contribution < 1.29 is 24.2 Å². The van der Waals surface area contributed by atoms with Crippen molar-refractivity contribution in [1.82, 2.24) is 4.98 Å². The Morgan fingerprint density at radius 3 is 2.75 bits per heavy atom. The molecule has 0 radical (unpaired) electrons. The molecule has 0 aliphatic carbocycles. The third-order valence-corrected chi connectivity index (χ3v) is 4.46. The molecule has 0 bridgehead atoms. The monoisotopic (exact) mass is 350 g/mol. The average Bonchev–Trinajstić information content (AvgIpc) is 2.52.